The summed E-state index contributed by atoms with van der Waals surface area (Å²) in [5.74, 6) is 0.183. The van der Waals surface area contributed by atoms with Gasteiger partial charge in [0.15, 0.2) is 0 Å². The van der Waals surface area contributed by atoms with Gasteiger partial charge in [-0.2, -0.15) is 0 Å². The highest BCUT2D eigenvalue weighted by Gasteiger charge is 2.19. The van der Waals surface area contributed by atoms with Gasteiger partial charge in [0.25, 0.3) is 5.56 Å². The number of amides is 1. The minimum atomic E-state index is -0.717. The van der Waals surface area contributed by atoms with Gasteiger partial charge in [-0.1, -0.05) is 11.6 Å². The minimum absolute atomic E-state index is 0.232. The minimum Gasteiger partial charge on any atom is -0.495 e. The van der Waals surface area contributed by atoms with E-state index in [-0.39, 0.29) is 11.5 Å². The van der Waals surface area contributed by atoms with Gasteiger partial charge < -0.3 is 10.1 Å². The summed E-state index contributed by atoms with van der Waals surface area (Å²) in [6.45, 7) is 3.56. The van der Waals surface area contributed by atoms with E-state index in [1.807, 2.05) is 6.92 Å². The molecule has 1 amide bonds. The zero-order chi connectivity index (χ0) is 18.1. The molecule has 0 spiro atoms. The number of benzene rings is 1. The average Bonchev–Trinajstić information content (AvgIpc) is 2.96. The predicted octanol–water partition coefficient (Wildman–Crippen LogP) is 3.63. The van der Waals surface area contributed by atoms with Crippen LogP contribution in [0, 0.1) is 6.92 Å². The maximum atomic E-state index is 12.6. The Hall–Kier alpha value is -2.38. The highest BCUT2D eigenvalue weighted by molar-refractivity contribution is 7.18. The predicted molar refractivity (Wildman–Crippen MR) is 100.0 cm³/mol. The number of aromatic nitrogens is 2. The highest BCUT2D eigenvalue weighted by atomic mass is 35.5. The molecular formula is C17H16ClN3O3S. The van der Waals surface area contributed by atoms with Gasteiger partial charge in [0, 0.05) is 10.6 Å². The van der Waals surface area contributed by atoms with Crippen molar-refractivity contribution >= 4 is 44.7 Å². The summed E-state index contributed by atoms with van der Waals surface area (Å²) in [6, 6.07) is 6.01. The number of carbonyl (C=O) groups excluding carboxylic acids is 1. The van der Waals surface area contributed by atoms with Gasteiger partial charge in [-0.15, -0.1) is 11.3 Å². The van der Waals surface area contributed by atoms with Crippen molar-refractivity contribution < 1.29 is 9.53 Å². The molecule has 1 aromatic carbocycles. The fraction of sp³-hybridized carbons (Fsp3) is 0.235. The van der Waals surface area contributed by atoms with Crippen molar-refractivity contribution in [3.8, 4) is 5.75 Å². The standard InChI is InChI=1S/C17H16ClN3O3S/c1-9-6-12-16(25-9)19-8-21(17(12)23)10(2)15(22)20-11-4-5-14(24-3)13(18)7-11/h4-8,10H,1-3H3,(H,20,22). The zero-order valence-corrected chi connectivity index (χ0v) is 15.4. The number of nitrogens with one attached hydrogen (secondary N) is 1. The van der Waals surface area contributed by atoms with Crippen molar-refractivity contribution in [2.75, 3.05) is 12.4 Å². The molecule has 130 valence electrons. The lowest BCUT2D eigenvalue weighted by atomic mass is 10.2. The Bertz CT molecular complexity index is 1010. The monoisotopic (exact) mass is 377 g/mol. The number of hydrogen-bond donors (Lipinski definition) is 1. The number of rotatable bonds is 4. The highest BCUT2D eigenvalue weighted by Crippen LogP contribution is 2.27. The Morgan fingerprint density at radius 1 is 1.40 bits per heavy atom. The lowest BCUT2D eigenvalue weighted by Gasteiger charge is -2.15. The zero-order valence-electron chi connectivity index (χ0n) is 13.9. The van der Waals surface area contributed by atoms with E-state index in [1.54, 1.807) is 31.2 Å². The quantitative estimate of drug-likeness (QED) is 0.753. The third kappa shape index (κ3) is 3.38. The van der Waals surface area contributed by atoms with Crippen LogP contribution in [0.1, 0.15) is 17.8 Å². The summed E-state index contributed by atoms with van der Waals surface area (Å²) < 4.78 is 6.41. The number of hydrogen-bond acceptors (Lipinski definition) is 5. The average molecular weight is 378 g/mol. The van der Waals surface area contributed by atoms with Gasteiger partial charge in [0.2, 0.25) is 5.91 Å². The summed E-state index contributed by atoms with van der Waals surface area (Å²) in [5, 5.41) is 3.66. The maximum Gasteiger partial charge on any atom is 0.262 e. The molecule has 3 rings (SSSR count). The van der Waals surface area contributed by atoms with E-state index < -0.39 is 6.04 Å². The lowest BCUT2D eigenvalue weighted by Crippen LogP contribution is -2.31. The first-order valence-electron chi connectivity index (χ1n) is 7.52. The number of ether oxygens (including phenoxy) is 1. The van der Waals surface area contributed by atoms with Crippen LogP contribution in [0.3, 0.4) is 0 Å². The number of fused-ring (bicyclic) bond motifs is 1. The third-order valence-corrected chi connectivity index (χ3v) is 5.07. The third-order valence-electron chi connectivity index (χ3n) is 3.82. The van der Waals surface area contributed by atoms with Gasteiger partial charge in [-0.3, -0.25) is 14.2 Å². The summed E-state index contributed by atoms with van der Waals surface area (Å²) in [5.41, 5.74) is 0.292. The van der Waals surface area contributed by atoms with E-state index >= 15 is 0 Å². The smallest absolute Gasteiger partial charge is 0.262 e. The summed E-state index contributed by atoms with van der Waals surface area (Å²) >= 11 is 7.51. The molecule has 0 aliphatic heterocycles. The number of aryl methyl sites for hydroxylation is 1. The summed E-state index contributed by atoms with van der Waals surface area (Å²) in [7, 11) is 1.52. The summed E-state index contributed by atoms with van der Waals surface area (Å²) in [4.78, 5) is 31.0. The van der Waals surface area contributed by atoms with Crippen molar-refractivity contribution in [1.29, 1.82) is 0 Å². The van der Waals surface area contributed by atoms with Crippen LogP contribution in [0.15, 0.2) is 35.4 Å². The SMILES string of the molecule is COc1ccc(NC(=O)C(C)n2cnc3sc(C)cc3c2=O)cc1Cl. The van der Waals surface area contributed by atoms with Crippen molar-refractivity contribution in [2.24, 2.45) is 0 Å². The summed E-state index contributed by atoms with van der Waals surface area (Å²) in [6.07, 6.45) is 1.41. The van der Waals surface area contributed by atoms with Crippen molar-refractivity contribution in [3.05, 3.63) is 50.8 Å². The molecule has 2 heterocycles. The van der Waals surface area contributed by atoms with E-state index in [0.717, 1.165) is 4.88 Å². The Labute approximate surface area is 153 Å². The van der Waals surface area contributed by atoms with Gasteiger partial charge >= 0.3 is 0 Å². The van der Waals surface area contributed by atoms with E-state index in [4.69, 9.17) is 16.3 Å². The Balaban J connectivity index is 1.86. The molecule has 0 saturated carbocycles. The molecular weight excluding hydrogens is 362 g/mol. The molecule has 0 radical (unpaired) electrons. The van der Waals surface area contributed by atoms with Crippen LogP contribution in [-0.4, -0.2) is 22.6 Å². The molecule has 8 heteroatoms. The van der Waals surface area contributed by atoms with Crippen molar-refractivity contribution in [3.63, 3.8) is 0 Å². The van der Waals surface area contributed by atoms with E-state index in [2.05, 4.69) is 10.3 Å². The molecule has 0 aliphatic rings. The second kappa shape index (κ2) is 6.85. The first kappa shape index (κ1) is 17.4. The molecule has 1 unspecified atom stereocenters. The first-order chi connectivity index (χ1) is 11.9. The van der Waals surface area contributed by atoms with Crippen LogP contribution < -0.4 is 15.6 Å². The number of halogens is 1. The van der Waals surface area contributed by atoms with E-state index in [9.17, 15) is 9.59 Å². The van der Waals surface area contributed by atoms with Gasteiger partial charge in [-0.25, -0.2) is 4.98 Å². The molecule has 6 nitrogen and oxygen atoms in total. The number of methoxy groups -OCH3 is 1. The lowest BCUT2D eigenvalue weighted by molar-refractivity contribution is -0.118. The normalized spacial score (nSPS) is 12.2. The molecule has 1 atom stereocenters. The molecule has 3 aromatic rings. The molecule has 0 bridgehead atoms. The van der Waals surface area contributed by atoms with Crippen LogP contribution in [0.25, 0.3) is 10.2 Å². The van der Waals surface area contributed by atoms with Gasteiger partial charge in [0.1, 0.15) is 16.6 Å². The van der Waals surface area contributed by atoms with Crippen LogP contribution in [-0.2, 0) is 4.79 Å². The number of carbonyl (C=O) groups is 1. The molecule has 0 aliphatic carbocycles. The fourth-order valence-corrected chi connectivity index (χ4v) is 3.55. The molecule has 2 aromatic heterocycles. The maximum absolute atomic E-state index is 12.6. The van der Waals surface area contributed by atoms with Crippen molar-refractivity contribution in [2.45, 2.75) is 19.9 Å². The molecule has 1 N–H and O–H groups in total. The van der Waals surface area contributed by atoms with Gasteiger partial charge in [-0.05, 0) is 38.1 Å². The topological polar surface area (TPSA) is 73.2 Å². The van der Waals surface area contributed by atoms with Crippen molar-refractivity contribution in [1.82, 2.24) is 9.55 Å². The Morgan fingerprint density at radius 2 is 2.16 bits per heavy atom. The Morgan fingerprint density at radius 3 is 2.84 bits per heavy atom. The Kier molecular flexibility index (Phi) is 4.78. The van der Waals surface area contributed by atoms with E-state index in [0.29, 0.717) is 26.7 Å². The molecule has 0 fully saturated rings. The molecule has 25 heavy (non-hydrogen) atoms. The van der Waals surface area contributed by atoms with E-state index in [1.165, 1.54) is 29.3 Å². The molecule has 0 saturated heterocycles. The number of thiophene rings is 1. The number of nitrogens with zero attached hydrogens (tertiary/aromatic N) is 2. The van der Waals surface area contributed by atoms with Crippen LogP contribution in [0.5, 0.6) is 5.75 Å². The fourth-order valence-electron chi connectivity index (χ4n) is 2.45. The van der Waals surface area contributed by atoms with Gasteiger partial charge in [0.05, 0.1) is 23.8 Å². The first-order valence-corrected chi connectivity index (χ1v) is 8.72. The van der Waals surface area contributed by atoms with Crippen LogP contribution in [0.4, 0.5) is 5.69 Å². The second-order valence-corrected chi connectivity index (χ2v) is 7.19. The second-order valence-electron chi connectivity index (χ2n) is 5.55. The largest absolute Gasteiger partial charge is 0.495 e. The number of anilines is 1. The van der Waals surface area contributed by atoms with Crippen LogP contribution >= 0.6 is 22.9 Å². The van der Waals surface area contributed by atoms with Crippen LogP contribution in [0.2, 0.25) is 5.02 Å².